The molecule has 1 fully saturated rings. The quantitative estimate of drug-likeness (QED) is 0.434. The number of rotatable bonds is 8. The van der Waals surface area contributed by atoms with E-state index in [1.807, 2.05) is 6.07 Å². The van der Waals surface area contributed by atoms with E-state index in [9.17, 15) is 14.0 Å². The lowest BCUT2D eigenvalue weighted by molar-refractivity contribution is -0.120. The number of anilines is 1. The summed E-state index contributed by atoms with van der Waals surface area (Å²) in [7, 11) is 1.65. The van der Waals surface area contributed by atoms with Gasteiger partial charge in [0, 0.05) is 38.9 Å². The van der Waals surface area contributed by atoms with Crippen molar-refractivity contribution in [2.75, 3.05) is 38.4 Å². The van der Waals surface area contributed by atoms with Crippen molar-refractivity contribution in [3.05, 3.63) is 71.8 Å². The number of fused-ring (bicyclic) bond motifs is 1. The molecule has 1 saturated heterocycles. The highest BCUT2D eigenvalue weighted by Crippen LogP contribution is 2.34. The van der Waals surface area contributed by atoms with E-state index in [0.717, 1.165) is 54.7 Å². The monoisotopic (exact) mass is 536 g/mol. The molecule has 206 valence electrons. The molecule has 0 unspecified atom stereocenters. The molecule has 2 aliphatic rings. The van der Waals surface area contributed by atoms with Gasteiger partial charge in [0.2, 0.25) is 0 Å². The summed E-state index contributed by atoms with van der Waals surface area (Å²) in [4.78, 5) is 27.5. The Hall–Kier alpha value is -3.92. The number of nitrogens with zero attached hydrogens (tertiary/aromatic N) is 3. The SMILES string of the molecule is CN1C(=O)[C@@H](NC(=O)n2cc(Cc3cccc(F)c3)cn2)COc2ccc(OCCCC3CCOCC3)cc21. The molecule has 1 N–H and O–H groups in total. The van der Waals surface area contributed by atoms with Crippen LogP contribution in [0, 0.1) is 11.7 Å². The lowest BCUT2D eigenvalue weighted by Gasteiger charge is -2.22. The minimum absolute atomic E-state index is 0.0232. The van der Waals surface area contributed by atoms with Gasteiger partial charge in [-0.2, -0.15) is 9.78 Å². The van der Waals surface area contributed by atoms with Crippen molar-refractivity contribution in [1.82, 2.24) is 15.1 Å². The highest BCUT2D eigenvalue weighted by molar-refractivity contribution is 6.00. The zero-order valence-corrected chi connectivity index (χ0v) is 22.0. The molecule has 0 aliphatic carbocycles. The summed E-state index contributed by atoms with van der Waals surface area (Å²) in [6.07, 6.45) is 7.82. The van der Waals surface area contributed by atoms with Crippen molar-refractivity contribution in [2.45, 2.75) is 38.1 Å². The van der Waals surface area contributed by atoms with E-state index in [1.54, 1.807) is 43.7 Å². The van der Waals surface area contributed by atoms with Crippen LogP contribution >= 0.6 is 0 Å². The number of hydrogen-bond donors (Lipinski definition) is 1. The van der Waals surface area contributed by atoms with Crippen molar-refractivity contribution >= 4 is 17.6 Å². The van der Waals surface area contributed by atoms with E-state index in [1.165, 1.54) is 17.0 Å². The molecular formula is C29H33FN4O5. The normalized spacial score (nSPS) is 17.7. The number of aromatic nitrogens is 2. The molecule has 2 aliphatic heterocycles. The van der Waals surface area contributed by atoms with Crippen LogP contribution < -0.4 is 19.7 Å². The van der Waals surface area contributed by atoms with Gasteiger partial charge in [0.25, 0.3) is 5.91 Å². The summed E-state index contributed by atoms with van der Waals surface area (Å²) in [5, 5.41) is 6.82. The minimum Gasteiger partial charge on any atom is -0.494 e. The number of carbonyl (C=O) groups excluding carboxylic acids is 2. The molecule has 0 radical (unpaired) electrons. The van der Waals surface area contributed by atoms with Gasteiger partial charge in [-0.3, -0.25) is 4.79 Å². The molecule has 2 amide bonds. The van der Waals surface area contributed by atoms with Gasteiger partial charge in [0.05, 0.1) is 18.5 Å². The molecule has 0 spiro atoms. The van der Waals surface area contributed by atoms with Crippen molar-refractivity contribution in [1.29, 1.82) is 0 Å². The molecular weight excluding hydrogens is 503 g/mol. The second-order valence-corrected chi connectivity index (χ2v) is 9.99. The molecule has 5 rings (SSSR count). The first-order valence-corrected chi connectivity index (χ1v) is 13.3. The van der Waals surface area contributed by atoms with Gasteiger partial charge in [0.15, 0.2) is 0 Å². The first kappa shape index (κ1) is 26.7. The van der Waals surface area contributed by atoms with Gasteiger partial charge in [-0.05, 0) is 67.0 Å². The third kappa shape index (κ3) is 6.75. The number of ether oxygens (including phenoxy) is 3. The Morgan fingerprint density at radius 2 is 2.03 bits per heavy atom. The van der Waals surface area contributed by atoms with Crippen molar-refractivity contribution in [3.63, 3.8) is 0 Å². The van der Waals surface area contributed by atoms with Crippen molar-refractivity contribution < 1.29 is 28.2 Å². The van der Waals surface area contributed by atoms with E-state index in [4.69, 9.17) is 14.2 Å². The maximum absolute atomic E-state index is 13.5. The third-order valence-corrected chi connectivity index (χ3v) is 7.13. The van der Waals surface area contributed by atoms with Crippen LogP contribution in [0.2, 0.25) is 0 Å². The van der Waals surface area contributed by atoms with Crippen LogP contribution in [0.4, 0.5) is 14.9 Å². The Bertz CT molecular complexity index is 1310. The topological polar surface area (TPSA) is 94.9 Å². The predicted octanol–water partition coefficient (Wildman–Crippen LogP) is 4.18. The maximum atomic E-state index is 13.5. The second-order valence-electron chi connectivity index (χ2n) is 9.99. The van der Waals surface area contributed by atoms with E-state index >= 15 is 0 Å². The zero-order valence-electron chi connectivity index (χ0n) is 22.0. The van der Waals surface area contributed by atoms with Crippen LogP contribution in [0.25, 0.3) is 0 Å². The molecule has 0 saturated carbocycles. The van der Waals surface area contributed by atoms with Gasteiger partial charge in [-0.1, -0.05) is 12.1 Å². The molecule has 0 bridgehead atoms. The molecule has 3 aromatic rings. The first-order chi connectivity index (χ1) is 19.0. The summed E-state index contributed by atoms with van der Waals surface area (Å²) in [5.74, 6) is 1.26. The van der Waals surface area contributed by atoms with Crippen LogP contribution in [0.5, 0.6) is 11.5 Å². The fourth-order valence-electron chi connectivity index (χ4n) is 4.93. The average molecular weight is 537 g/mol. The summed E-state index contributed by atoms with van der Waals surface area (Å²) in [6.45, 7) is 2.26. The molecule has 39 heavy (non-hydrogen) atoms. The maximum Gasteiger partial charge on any atom is 0.342 e. The van der Waals surface area contributed by atoms with Crippen molar-refractivity contribution in [2.24, 2.45) is 5.92 Å². The molecule has 9 nitrogen and oxygen atoms in total. The Morgan fingerprint density at radius 1 is 1.18 bits per heavy atom. The zero-order chi connectivity index (χ0) is 27.2. The number of amides is 2. The summed E-state index contributed by atoms with van der Waals surface area (Å²) in [5.41, 5.74) is 2.09. The predicted molar refractivity (Wildman–Crippen MR) is 143 cm³/mol. The minimum atomic E-state index is -0.908. The first-order valence-electron chi connectivity index (χ1n) is 13.3. The molecule has 3 heterocycles. The smallest absolute Gasteiger partial charge is 0.342 e. The Kier molecular flexibility index (Phi) is 8.41. The number of likely N-dealkylation sites (N-methyl/N-ethyl adjacent to an activating group) is 1. The summed E-state index contributed by atoms with van der Waals surface area (Å²) < 4.78 is 31.9. The Morgan fingerprint density at radius 3 is 2.85 bits per heavy atom. The van der Waals surface area contributed by atoms with E-state index in [2.05, 4.69) is 10.4 Å². The average Bonchev–Trinajstić information content (AvgIpc) is 3.38. The van der Waals surface area contributed by atoms with Gasteiger partial charge in [0.1, 0.15) is 30.0 Å². The number of halogens is 1. The fraction of sp³-hybridized carbons (Fsp3) is 0.414. The largest absolute Gasteiger partial charge is 0.494 e. The lowest BCUT2D eigenvalue weighted by atomic mass is 9.95. The number of nitrogens with one attached hydrogen (secondary N) is 1. The number of hydrogen-bond acceptors (Lipinski definition) is 6. The second kappa shape index (κ2) is 12.3. The van der Waals surface area contributed by atoms with Crippen LogP contribution in [-0.2, 0) is 16.0 Å². The summed E-state index contributed by atoms with van der Waals surface area (Å²) in [6, 6.07) is 10.2. The van der Waals surface area contributed by atoms with Crippen LogP contribution in [0.15, 0.2) is 54.9 Å². The van der Waals surface area contributed by atoms with E-state index in [0.29, 0.717) is 36.1 Å². The van der Waals surface area contributed by atoms with Crippen LogP contribution in [0.3, 0.4) is 0 Å². The van der Waals surface area contributed by atoms with Gasteiger partial charge >= 0.3 is 6.03 Å². The molecule has 1 atom stereocenters. The number of carbonyl (C=O) groups is 2. The Labute approximate surface area is 226 Å². The van der Waals surface area contributed by atoms with E-state index < -0.39 is 12.1 Å². The highest BCUT2D eigenvalue weighted by atomic mass is 19.1. The lowest BCUT2D eigenvalue weighted by Crippen LogP contribution is -2.50. The highest BCUT2D eigenvalue weighted by Gasteiger charge is 2.31. The van der Waals surface area contributed by atoms with Gasteiger partial charge < -0.3 is 24.4 Å². The van der Waals surface area contributed by atoms with E-state index in [-0.39, 0.29) is 18.3 Å². The molecule has 1 aromatic heterocycles. The molecule has 10 heteroatoms. The van der Waals surface area contributed by atoms with Gasteiger partial charge in [-0.15, -0.1) is 0 Å². The summed E-state index contributed by atoms with van der Waals surface area (Å²) >= 11 is 0. The van der Waals surface area contributed by atoms with Gasteiger partial charge in [-0.25, -0.2) is 9.18 Å². The fourth-order valence-corrected chi connectivity index (χ4v) is 4.93. The van der Waals surface area contributed by atoms with Crippen molar-refractivity contribution in [3.8, 4) is 11.5 Å². The van der Waals surface area contributed by atoms with Crippen LogP contribution in [0.1, 0.15) is 36.8 Å². The Balaban J connectivity index is 1.16. The van der Waals surface area contributed by atoms with Crippen LogP contribution in [-0.4, -0.2) is 61.2 Å². The standard InChI is InChI=1S/C29H33FN4O5/c1-33-26-16-24(38-11-3-5-20-9-12-37-13-10-20)7-8-27(26)39-19-25(28(33)35)32-29(36)34-18-22(17-31-34)14-21-4-2-6-23(30)15-21/h2,4,6-8,15-18,20,25H,3,5,9-14,19H2,1H3,(H,32,36)/t25-/m0/s1. The number of benzene rings is 2. The third-order valence-electron chi connectivity index (χ3n) is 7.13. The molecule has 2 aromatic carbocycles.